The summed E-state index contributed by atoms with van der Waals surface area (Å²) in [4.78, 5) is 26.1. The molecule has 2 aliphatic rings. The van der Waals surface area contributed by atoms with Crippen molar-refractivity contribution in [2.75, 3.05) is 0 Å². The topological polar surface area (TPSA) is 81.9 Å². The summed E-state index contributed by atoms with van der Waals surface area (Å²) in [5.41, 5.74) is 1.33. The van der Waals surface area contributed by atoms with Gasteiger partial charge >= 0.3 is 6.61 Å². The molecular weight excluding hydrogens is 442 g/mol. The van der Waals surface area contributed by atoms with Gasteiger partial charge in [-0.25, -0.2) is 23.7 Å². The Bertz CT molecular complexity index is 965. The van der Waals surface area contributed by atoms with Crippen LogP contribution < -0.4 is 5.32 Å². The molecule has 4 rings (SSSR count). The van der Waals surface area contributed by atoms with Crippen LogP contribution in [0, 0.1) is 0 Å². The van der Waals surface area contributed by atoms with Crippen molar-refractivity contribution in [1.29, 1.82) is 0 Å². The minimum absolute atomic E-state index is 0.152. The lowest BCUT2D eigenvalue weighted by molar-refractivity contribution is -0.170. The molecule has 0 aliphatic heterocycles. The lowest BCUT2D eigenvalue weighted by Crippen LogP contribution is -2.39. The number of ether oxygens (including phenoxy) is 1. The van der Waals surface area contributed by atoms with Crippen LogP contribution in [0.1, 0.15) is 73.5 Å². The zero-order valence-corrected chi connectivity index (χ0v) is 18.3. The quantitative estimate of drug-likeness (QED) is 0.632. The normalized spacial score (nSPS) is 23.6. The molecule has 2 heterocycles. The molecule has 2 fully saturated rings. The largest absolute Gasteiger partial charge is 0.348 e. The number of rotatable bonds is 6. The second kappa shape index (κ2) is 9.74. The molecule has 11 heteroatoms. The fourth-order valence-electron chi connectivity index (χ4n) is 4.56. The molecule has 1 amide bonds. The average molecular weight is 469 g/mol. The van der Waals surface area contributed by atoms with Crippen LogP contribution in [0.2, 0.25) is 0 Å². The number of nitrogens with one attached hydrogen (secondary N) is 1. The van der Waals surface area contributed by atoms with Crippen LogP contribution in [0.4, 0.5) is 17.6 Å². The number of imidazole rings is 1. The Labute approximate surface area is 189 Å². The summed E-state index contributed by atoms with van der Waals surface area (Å²) in [7, 11) is 1.78. The molecule has 2 aliphatic carbocycles. The van der Waals surface area contributed by atoms with Gasteiger partial charge in [0.15, 0.2) is 5.82 Å². The van der Waals surface area contributed by atoms with Crippen LogP contribution in [-0.2, 0) is 11.8 Å². The Hall–Kier alpha value is -2.56. The third-order valence-corrected chi connectivity index (χ3v) is 6.46. The maximum Gasteiger partial charge on any atom is 0.345 e. The van der Waals surface area contributed by atoms with Crippen LogP contribution in [0.25, 0.3) is 11.5 Å². The number of nitrogens with zero attached hydrogens (tertiary/aromatic N) is 4. The van der Waals surface area contributed by atoms with Gasteiger partial charge in [-0.15, -0.1) is 0 Å². The Morgan fingerprint density at radius 3 is 2.45 bits per heavy atom. The number of aryl methyl sites for hydroxylation is 1. The van der Waals surface area contributed by atoms with E-state index in [1.165, 1.54) is 0 Å². The van der Waals surface area contributed by atoms with Gasteiger partial charge in [0.2, 0.25) is 5.92 Å². The van der Waals surface area contributed by atoms with Crippen molar-refractivity contribution in [2.45, 2.75) is 82.0 Å². The number of carbonyl (C=O) groups excluding carboxylic acids is 1. The first-order valence-electron chi connectivity index (χ1n) is 11.2. The lowest BCUT2D eigenvalue weighted by atomic mass is 9.84. The van der Waals surface area contributed by atoms with Gasteiger partial charge < -0.3 is 14.6 Å². The summed E-state index contributed by atoms with van der Waals surface area (Å²) in [6.45, 7) is -2.80. The van der Waals surface area contributed by atoms with Crippen molar-refractivity contribution < 1.29 is 27.1 Å². The first kappa shape index (κ1) is 23.6. The molecule has 7 nitrogen and oxygen atoms in total. The summed E-state index contributed by atoms with van der Waals surface area (Å²) in [5.74, 6) is -2.94. The number of hydrogen-bond acceptors (Lipinski definition) is 5. The van der Waals surface area contributed by atoms with Gasteiger partial charge in [-0.2, -0.15) is 8.78 Å². The molecule has 0 bridgehead atoms. The molecule has 2 aromatic rings. The standard InChI is InChI=1S/C22H27F4N5O2/c1-31-12-27-11-18(31)19-29-16(13-6-8-22(25,26)9-7-13)10-17(30-19)20(32)28-14-2-4-15(5-3-14)33-21(23)24/h10-15,21H,2-9H2,1H3,(H,28,32). The number of hydrogen-bond donors (Lipinski definition) is 1. The fraction of sp³-hybridized carbons (Fsp3) is 0.636. The van der Waals surface area contributed by atoms with E-state index in [2.05, 4.69) is 25.0 Å². The molecule has 33 heavy (non-hydrogen) atoms. The monoisotopic (exact) mass is 469 g/mol. The van der Waals surface area contributed by atoms with Crippen molar-refractivity contribution in [3.05, 3.63) is 30.0 Å². The number of carbonyl (C=O) groups is 1. The average Bonchev–Trinajstić information content (AvgIpc) is 3.20. The smallest absolute Gasteiger partial charge is 0.345 e. The van der Waals surface area contributed by atoms with Crippen molar-refractivity contribution in [1.82, 2.24) is 24.8 Å². The van der Waals surface area contributed by atoms with Gasteiger partial charge in [-0.05, 0) is 44.6 Å². The van der Waals surface area contributed by atoms with E-state index in [1.807, 2.05) is 0 Å². The molecule has 0 spiro atoms. The molecule has 0 saturated heterocycles. The maximum absolute atomic E-state index is 13.7. The van der Waals surface area contributed by atoms with E-state index >= 15 is 0 Å². The van der Waals surface area contributed by atoms with Crippen LogP contribution in [0.15, 0.2) is 18.6 Å². The second-order valence-electron chi connectivity index (χ2n) is 8.87. The third-order valence-electron chi connectivity index (χ3n) is 6.46. The number of amides is 1. The highest BCUT2D eigenvalue weighted by Gasteiger charge is 2.36. The summed E-state index contributed by atoms with van der Waals surface area (Å²) >= 11 is 0. The van der Waals surface area contributed by atoms with Gasteiger partial charge in [-0.1, -0.05) is 0 Å². The fourth-order valence-corrected chi connectivity index (χ4v) is 4.56. The first-order valence-corrected chi connectivity index (χ1v) is 11.2. The molecular formula is C22H27F4N5O2. The van der Waals surface area contributed by atoms with E-state index in [0.717, 1.165) is 0 Å². The molecule has 2 saturated carbocycles. The van der Waals surface area contributed by atoms with Crippen molar-refractivity contribution >= 4 is 5.91 Å². The van der Waals surface area contributed by atoms with Gasteiger partial charge in [0.1, 0.15) is 11.4 Å². The molecule has 0 atom stereocenters. The van der Waals surface area contributed by atoms with Crippen LogP contribution in [0.3, 0.4) is 0 Å². The predicted octanol–water partition coefficient (Wildman–Crippen LogP) is 4.45. The van der Waals surface area contributed by atoms with Crippen molar-refractivity contribution in [3.63, 3.8) is 0 Å². The van der Waals surface area contributed by atoms with E-state index in [-0.39, 0.29) is 43.3 Å². The maximum atomic E-state index is 13.7. The minimum atomic E-state index is -2.80. The van der Waals surface area contributed by atoms with E-state index in [0.29, 0.717) is 42.9 Å². The van der Waals surface area contributed by atoms with Gasteiger partial charge in [-0.3, -0.25) is 4.79 Å². The van der Waals surface area contributed by atoms with E-state index in [4.69, 9.17) is 0 Å². The summed E-state index contributed by atoms with van der Waals surface area (Å²) < 4.78 is 58.4. The summed E-state index contributed by atoms with van der Waals surface area (Å²) in [6.07, 6.45) is 4.70. The Morgan fingerprint density at radius 1 is 1.15 bits per heavy atom. The molecule has 0 aromatic carbocycles. The van der Waals surface area contributed by atoms with Gasteiger partial charge in [0.05, 0.1) is 18.6 Å². The minimum Gasteiger partial charge on any atom is -0.348 e. The molecule has 180 valence electrons. The van der Waals surface area contributed by atoms with Crippen molar-refractivity contribution in [3.8, 4) is 11.5 Å². The number of aromatic nitrogens is 4. The van der Waals surface area contributed by atoms with Gasteiger partial charge in [0.25, 0.3) is 5.91 Å². The third kappa shape index (κ3) is 5.87. The molecule has 1 N–H and O–H groups in total. The van der Waals surface area contributed by atoms with Crippen molar-refractivity contribution in [2.24, 2.45) is 7.05 Å². The van der Waals surface area contributed by atoms with Crippen LogP contribution in [-0.4, -0.2) is 50.1 Å². The summed E-state index contributed by atoms with van der Waals surface area (Å²) in [5, 5.41) is 2.92. The molecule has 0 radical (unpaired) electrons. The highest BCUT2D eigenvalue weighted by atomic mass is 19.3. The lowest BCUT2D eigenvalue weighted by Gasteiger charge is -2.29. The highest BCUT2D eigenvalue weighted by Crippen LogP contribution is 2.40. The zero-order valence-electron chi connectivity index (χ0n) is 18.3. The van der Waals surface area contributed by atoms with Crippen LogP contribution in [0.5, 0.6) is 0 Å². The second-order valence-corrected chi connectivity index (χ2v) is 8.87. The Kier molecular flexibility index (Phi) is 6.96. The Morgan fingerprint density at radius 2 is 1.85 bits per heavy atom. The van der Waals surface area contributed by atoms with E-state index < -0.39 is 24.5 Å². The number of alkyl halides is 4. The van der Waals surface area contributed by atoms with E-state index in [1.54, 1.807) is 30.2 Å². The van der Waals surface area contributed by atoms with Gasteiger partial charge in [0, 0.05) is 37.5 Å². The highest BCUT2D eigenvalue weighted by molar-refractivity contribution is 5.93. The SMILES string of the molecule is Cn1cncc1-c1nc(C(=O)NC2CCC(OC(F)F)CC2)cc(C2CCC(F)(F)CC2)n1. The predicted molar refractivity (Wildman–Crippen MR) is 111 cm³/mol. The summed E-state index contributed by atoms with van der Waals surface area (Å²) in [6, 6.07) is 1.40. The molecule has 2 aromatic heterocycles. The Balaban J connectivity index is 1.52. The van der Waals surface area contributed by atoms with E-state index in [9.17, 15) is 22.4 Å². The first-order chi connectivity index (χ1) is 15.7. The number of halogens is 4. The molecule has 0 unspecified atom stereocenters. The van der Waals surface area contributed by atoms with Crippen LogP contribution >= 0.6 is 0 Å². The zero-order chi connectivity index (χ0) is 23.6.